The Bertz CT molecular complexity index is 1050. The van der Waals surface area contributed by atoms with Gasteiger partial charge in [-0.2, -0.15) is 0 Å². The third kappa shape index (κ3) is 3.84. The molecular weight excluding hydrogens is 384 g/mol. The van der Waals surface area contributed by atoms with Gasteiger partial charge in [-0.15, -0.1) is 10.2 Å². The lowest BCUT2D eigenvalue weighted by Crippen LogP contribution is -2.08. The van der Waals surface area contributed by atoms with E-state index in [2.05, 4.69) is 15.2 Å². The molecule has 2 aromatic heterocycles. The zero-order valence-corrected chi connectivity index (χ0v) is 16.3. The Labute approximate surface area is 161 Å². The summed E-state index contributed by atoms with van der Waals surface area (Å²) in [5, 5.41) is 9.37. The first-order valence-electron chi connectivity index (χ1n) is 8.43. The van der Waals surface area contributed by atoms with Crippen molar-refractivity contribution in [3.63, 3.8) is 0 Å². The summed E-state index contributed by atoms with van der Waals surface area (Å²) in [7, 11) is -1.34. The van der Waals surface area contributed by atoms with Gasteiger partial charge in [-0.3, -0.25) is 9.55 Å². The van der Waals surface area contributed by atoms with Gasteiger partial charge in [0, 0.05) is 29.3 Å². The number of thioether (sulfide) groups is 1. The molecule has 1 aliphatic heterocycles. The first-order chi connectivity index (χ1) is 13.1. The summed E-state index contributed by atoms with van der Waals surface area (Å²) in [6.07, 6.45) is 4.04. The van der Waals surface area contributed by atoms with E-state index in [0.717, 1.165) is 17.0 Å². The van der Waals surface area contributed by atoms with Gasteiger partial charge in [-0.25, -0.2) is 8.42 Å². The second kappa shape index (κ2) is 7.32. The molecule has 1 aliphatic rings. The summed E-state index contributed by atoms with van der Waals surface area (Å²) < 4.78 is 30.9. The summed E-state index contributed by atoms with van der Waals surface area (Å²) in [5.41, 5.74) is 1.74. The number of hydrogen-bond donors (Lipinski definition) is 0. The van der Waals surface area contributed by atoms with E-state index in [9.17, 15) is 8.42 Å². The number of rotatable bonds is 5. The molecule has 0 aliphatic carbocycles. The molecule has 0 amide bonds. The van der Waals surface area contributed by atoms with Gasteiger partial charge in [-0.1, -0.05) is 17.8 Å². The van der Waals surface area contributed by atoms with E-state index >= 15 is 0 Å². The molecule has 1 saturated heterocycles. The van der Waals surface area contributed by atoms with Crippen LogP contribution in [0.15, 0.2) is 53.9 Å². The maximum atomic E-state index is 11.8. The lowest BCUT2D eigenvalue weighted by molar-refractivity contribution is 0.414. The topological polar surface area (TPSA) is 87.0 Å². The highest BCUT2D eigenvalue weighted by Gasteiger charge is 2.30. The van der Waals surface area contributed by atoms with Crippen LogP contribution in [0, 0.1) is 0 Å². The maximum absolute atomic E-state index is 11.8. The van der Waals surface area contributed by atoms with E-state index in [-0.39, 0.29) is 16.8 Å². The van der Waals surface area contributed by atoms with Crippen molar-refractivity contribution >= 4 is 21.6 Å². The fourth-order valence-corrected chi connectivity index (χ4v) is 6.53. The van der Waals surface area contributed by atoms with Gasteiger partial charge in [0.15, 0.2) is 20.8 Å². The molecule has 1 atom stereocenters. The summed E-state index contributed by atoms with van der Waals surface area (Å²) in [4.78, 5) is 4.06. The molecule has 3 heterocycles. The normalized spacial score (nSPS) is 18.5. The smallest absolute Gasteiger partial charge is 0.196 e. The van der Waals surface area contributed by atoms with Gasteiger partial charge in [0.1, 0.15) is 5.75 Å². The van der Waals surface area contributed by atoms with Gasteiger partial charge >= 0.3 is 0 Å². The van der Waals surface area contributed by atoms with Crippen LogP contribution >= 0.6 is 11.8 Å². The molecule has 0 spiro atoms. The summed E-state index contributed by atoms with van der Waals surface area (Å²) >= 11 is 1.46. The van der Waals surface area contributed by atoms with E-state index in [1.165, 1.54) is 11.8 Å². The monoisotopic (exact) mass is 402 g/mol. The molecule has 140 valence electrons. The van der Waals surface area contributed by atoms with Gasteiger partial charge in [-0.05, 0) is 30.7 Å². The van der Waals surface area contributed by atoms with Crippen LogP contribution in [0.2, 0.25) is 0 Å². The Morgan fingerprint density at radius 1 is 1.19 bits per heavy atom. The standard InChI is InChI=1S/C18H18N4O3S2/c1-25-15-4-2-3-14(11-15)22-17(13-5-8-19-9-6-13)20-21-18(22)26-16-7-10-27(23,24)12-16/h2-6,8-9,11,16H,7,10,12H2,1H3. The van der Waals surface area contributed by atoms with Crippen LogP contribution in [0.3, 0.4) is 0 Å². The Morgan fingerprint density at radius 2 is 2.00 bits per heavy atom. The first-order valence-corrected chi connectivity index (χ1v) is 11.1. The molecule has 9 heteroatoms. The predicted octanol–water partition coefficient (Wildman–Crippen LogP) is 2.62. The number of hydrogen-bond acceptors (Lipinski definition) is 7. The van der Waals surface area contributed by atoms with Crippen molar-refractivity contribution in [3.05, 3.63) is 48.8 Å². The fourth-order valence-electron chi connectivity index (χ4n) is 3.02. The zero-order chi connectivity index (χ0) is 18.9. The van der Waals surface area contributed by atoms with Crippen LogP contribution < -0.4 is 4.74 Å². The van der Waals surface area contributed by atoms with Crippen molar-refractivity contribution in [1.82, 2.24) is 19.7 Å². The molecule has 0 saturated carbocycles. The molecule has 27 heavy (non-hydrogen) atoms. The van der Waals surface area contributed by atoms with Crippen LogP contribution in [-0.4, -0.2) is 52.0 Å². The molecule has 3 aromatic rings. The lowest BCUT2D eigenvalue weighted by atomic mass is 10.2. The van der Waals surface area contributed by atoms with Crippen molar-refractivity contribution < 1.29 is 13.2 Å². The maximum Gasteiger partial charge on any atom is 0.196 e. The average molecular weight is 403 g/mol. The number of ether oxygens (including phenoxy) is 1. The summed E-state index contributed by atoms with van der Waals surface area (Å²) in [5.74, 6) is 1.80. The third-order valence-electron chi connectivity index (χ3n) is 4.35. The Balaban J connectivity index is 1.78. The Kier molecular flexibility index (Phi) is 4.88. The van der Waals surface area contributed by atoms with Crippen LogP contribution in [0.4, 0.5) is 0 Å². The van der Waals surface area contributed by atoms with Crippen LogP contribution in [0.1, 0.15) is 6.42 Å². The molecule has 1 unspecified atom stereocenters. The summed E-state index contributed by atoms with van der Waals surface area (Å²) in [6, 6.07) is 11.4. The number of aromatic nitrogens is 4. The fraction of sp³-hybridized carbons (Fsp3) is 0.278. The molecule has 4 rings (SSSR count). The van der Waals surface area contributed by atoms with Gasteiger partial charge in [0.05, 0.1) is 24.3 Å². The largest absolute Gasteiger partial charge is 0.497 e. The van der Waals surface area contributed by atoms with E-state index in [0.29, 0.717) is 17.4 Å². The zero-order valence-electron chi connectivity index (χ0n) is 14.6. The minimum Gasteiger partial charge on any atom is -0.497 e. The van der Waals surface area contributed by atoms with E-state index in [4.69, 9.17) is 4.74 Å². The second-order valence-electron chi connectivity index (χ2n) is 6.22. The molecule has 1 fully saturated rings. The first kappa shape index (κ1) is 18.0. The van der Waals surface area contributed by atoms with Crippen LogP contribution in [0.25, 0.3) is 17.1 Å². The molecule has 7 nitrogen and oxygen atoms in total. The third-order valence-corrected chi connectivity index (χ3v) is 7.54. The van der Waals surface area contributed by atoms with Gasteiger partial charge in [0.25, 0.3) is 0 Å². The molecule has 0 radical (unpaired) electrons. The lowest BCUT2D eigenvalue weighted by Gasteiger charge is -2.13. The molecular formula is C18H18N4O3S2. The number of nitrogens with zero attached hydrogens (tertiary/aromatic N) is 4. The predicted molar refractivity (Wildman–Crippen MR) is 104 cm³/mol. The van der Waals surface area contributed by atoms with Crippen molar-refractivity contribution in [2.45, 2.75) is 16.8 Å². The van der Waals surface area contributed by atoms with Crippen molar-refractivity contribution in [3.8, 4) is 22.8 Å². The van der Waals surface area contributed by atoms with Crippen molar-refractivity contribution in [2.75, 3.05) is 18.6 Å². The van der Waals surface area contributed by atoms with E-state index in [1.54, 1.807) is 19.5 Å². The summed E-state index contributed by atoms with van der Waals surface area (Å²) in [6.45, 7) is 0. The minimum atomic E-state index is -2.96. The van der Waals surface area contributed by atoms with Crippen LogP contribution in [0.5, 0.6) is 5.75 Å². The van der Waals surface area contributed by atoms with Gasteiger partial charge < -0.3 is 4.74 Å². The van der Waals surface area contributed by atoms with E-state index in [1.807, 2.05) is 41.0 Å². The second-order valence-corrected chi connectivity index (χ2v) is 9.72. The number of pyridine rings is 1. The Hall–Kier alpha value is -2.39. The number of methoxy groups -OCH3 is 1. The van der Waals surface area contributed by atoms with E-state index < -0.39 is 9.84 Å². The average Bonchev–Trinajstić information content (AvgIpc) is 3.25. The van der Waals surface area contributed by atoms with Crippen molar-refractivity contribution in [2.24, 2.45) is 0 Å². The number of benzene rings is 1. The van der Waals surface area contributed by atoms with Gasteiger partial charge in [0.2, 0.25) is 0 Å². The molecule has 0 bridgehead atoms. The highest BCUT2D eigenvalue weighted by atomic mass is 32.2. The SMILES string of the molecule is COc1cccc(-n2c(SC3CCS(=O)(=O)C3)nnc2-c2ccncc2)c1. The Morgan fingerprint density at radius 3 is 2.70 bits per heavy atom. The highest BCUT2D eigenvalue weighted by molar-refractivity contribution is 8.01. The molecule has 1 aromatic carbocycles. The number of sulfone groups is 1. The van der Waals surface area contributed by atoms with Crippen LogP contribution in [-0.2, 0) is 9.84 Å². The highest BCUT2D eigenvalue weighted by Crippen LogP contribution is 2.34. The van der Waals surface area contributed by atoms with Crippen molar-refractivity contribution in [1.29, 1.82) is 0 Å². The quantitative estimate of drug-likeness (QED) is 0.648. The molecule has 0 N–H and O–H groups in total. The minimum absolute atomic E-state index is 0.0196.